The van der Waals surface area contributed by atoms with Gasteiger partial charge >= 0.3 is 0 Å². The summed E-state index contributed by atoms with van der Waals surface area (Å²) in [6.07, 6.45) is 3.68. The van der Waals surface area contributed by atoms with E-state index in [0.29, 0.717) is 12.0 Å². The van der Waals surface area contributed by atoms with Gasteiger partial charge in [-0.15, -0.1) is 15.3 Å². The lowest BCUT2D eigenvalue weighted by Crippen LogP contribution is -2.58. The summed E-state index contributed by atoms with van der Waals surface area (Å²) >= 11 is 1.45. The predicted molar refractivity (Wildman–Crippen MR) is 109 cm³/mol. The van der Waals surface area contributed by atoms with Crippen molar-refractivity contribution < 1.29 is 0 Å². The summed E-state index contributed by atoms with van der Waals surface area (Å²) in [6, 6.07) is 4.56. The van der Waals surface area contributed by atoms with E-state index in [2.05, 4.69) is 42.5 Å². The molecule has 28 heavy (non-hydrogen) atoms. The zero-order valence-corrected chi connectivity index (χ0v) is 17.3. The summed E-state index contributed by atoms with van der Waals surface area (Å²) in [6.45, 7) is 2.69. The number of hydrogen-bond donors (Lipinski definition) is 0. The molecule has 3 aromatic rings. The van der Waals surface area contributed by atoms with Crippen LogP contribution in [0.2, 0.25) is 0 Å². The summed E-state index contributed by atoms with van der Waals surface area (Å²) < 4.78 is 6.41. The standard InChI is InChI=1S/C18H25N9S/c1-24(2)18-19-14(23-28-18)11-25(3)13-9-26(10-13)16-8-7-15-20-21-17(27(15)22-16)12-5-4-6-12/h7-8,12-13H,4-6,9-11H2,1-3H3. The molecule has 0 aromatic carbocycles. The largest absolute Gasteiger partial charge is 0.353 e. The maximum atomic E-state index is 4.83. The van der Waals surface area contributed by atoms with Gasteiger partial charge in [0.15, 0.2) is 17.3 Å². The average molecular weight is 400 g/mol. The number of aromatic nitrogens is 6. The van der Waals surface area contributed by atoms with E-state index in [9.17, 15) is 0 Å². The third-order valence-corrected chi connectivity index (χ3v) is 6.71. The van der Waals surface area contributed by atoms with Crippen molar-refractivity contribution in [2.24, 2.45) is 0 Å². The fourth-order valence-corrected chi connectivity index (χ4v) is 4.24. The molecule has 0 N–H and O–H groups in total. The van der Waals surface area contributed by atoms with Gasteiger partial charge in [-0.25, -0.2) is 4.98 Å². The second kappa shape index (κ2) is 6.93. The minimum Gasteiger partial charge on any atom is -0.353 e. The lowest BCUT2D eigenvalue weighted by molar-refractivity contribution is 0.193. The number of rotatable bonds is 6. The van der Waals surface area contributed by atoms with E-state index < -0.39 is 0 Å². The molecule has 2 aliphatic rings. The number of hydrogen-bond acceptors (Lipinski definition) is 9. The van der Waals surface area contributed by atoms with E-state index in [0.717, 1.165) is 47.9 Å². The van der Waals surface area contributed by atoms with Crippen LogP contribution in [-0.2, 0) is 6.54 Å². The van der Waals surface area contributed by atoms with Crippen molar-refractivity contribution in [2.75, 3.05) is 44.0 Å². The normalized spacial score (nSPS) is 17.9. The van der Waals surface area contributed by atoms with Crippen LogP contribution in [0.4, 0.5) is 10.9 Å². The van der Waals surface area contributed by atoms with E-state index in [4.69, 9.17) is 5.10 Å². The van der Waals surface area contributed by atoms with Crippen molar-refractivity contribution in [1.29, 1.82) is 0 Å². The van der Waals surface area contributed by atoms with Crippen molar-refractivity contribution in [3.05, 3.63) is 23.8 Å². The molecule has 0 atom stereocenters. The highest BCUT2D eigenvalue weighted by molar-refractivity contribution is 7.09. The van der Waals surface area contributed by atoms with E-state index in [1.165, 1.54) is 30.8 Å². The first-order chi connectivity index (χ1) is 13.6. The van der Waals surface area contributed by atoms with Crippen LogP contribution in [-0.4, -0.2) is 74.3 Å². The van der Waals surface area contributed by atoms with Gasteiger partial charge in [-0.1, -0.05) is 6.42 Å². The first kappa shape index (κ1) is 17.7. The van der Waals surface area contributed by atoms with Crippen LogP contribution in [0, 0.1) is 0 Å². The minimum atomic E-state index is 0.482. The molecule has 148 valence electrons. The number of nitrogens with zero attached hydrogens (tertiary/aromatic N) is 9. The highest BCUT2D eigenvalue weighted by Crippen LogP contribution is 2.35. The highest BCUT2D eigenvalue weighted by Gasteiger charge is 2.32. The van der Waals surface area contributed by atoms with Crippen LogP contribution in [0.3, 0.4) is 0 Å². The second-order valence-electron chi connectivity index (χ2n) is 8.01. The fraction of sp³-hybridized carbons (Fsp3) is 0.611. The monoisotopic (exact) mass is 399 g/mol. The Morgan fingerprint density at radius 3 is 2.64 bits per heavy atom. The third kappa shape index (κ3) is 3.10. The molecule has 3 aromatic heterocycles. The Bertz CT molecular complexity index is 971. The van der Waals surface area contributed by atoms with E-state index >= 15 is 0 Å². The van der Waals surface area contributed by atoms with Crippen molar-refractivity contribution in [2.45, 2.75) is 37.8 Å². The summed E-state index contributed by atoms with van der Waals surface area (Å²) in [7, 11) is 6.13. The van der Waals surface area contributed by atoms with Gasteiger partial charge in [-0.05, 0) is 32.0 Å². The van der Waals surface area contributed by atoms with Crippen molar-refractivity contribution in [3.63, 3.8) is 0 Å². The van der Waals surface area contributed by atoms with Gasteiger partial charge in [0.25, 0.3) is 0 Å². The summed E-state index contributed by atoms with van der Waals surface area (Å²) in [5.74, 6) is 3.43. The fourth-order valence-electron chi connectivity index (χ4n) is 3.65. The van der Waals surface area contributed by atoms with Gasteiger partial charge in [0.05, 0.1) is 6.54 Å². The molecule has 1 aliphatic heterocycles. The first-order valence-corrected chi connectivity index (χ1v) is 10.5. The minimum absolute atomic E-state index is 0.482. The topological polar surface area (TPSA) is 78.6 Å². The lowest BCUT2D eigenvalue weighted by Gasteiger charge is -2.44. The molecule has 0 radical (unpaired) electrons. The predicted octanol–water partition coefficient (Wildman–Crippen LogP) is 1.63. The molecule has 10 heteroatoms. The van der Waals surface area contributed by atoms with Gasteiger partial charge in [0.2, 0.25) is 5.13 Å². The second-order valence-corrected chi connectivity index (χ2v) is 8.74. The van der Waals surface area contributed by atoms with Gasteiger partial charge in [0.1, 0.15) is 5.82 Å². The van der Waals surface area contributed by atoms with Crippen molar-refractivity contribution in [3.8, 4) is 0 Å². The van der Waals surface area contributed by atoms with Crippen LogP contribution in [0.1, 0.15) is 36.8 Å². The van der Waals surface area contributed by atoms with Crippen LogP contribution in [0.25, 0.3) is 5.65 Å². The Labute approximate surface area is 168 Å². The SMILES string of the molecule is CN(C)c1nc(CN(C)C2CN(c3ccc4nnc(C5CCC5)n4n3)C2)ns1. The highest BCUT2D eigenvalue weighted by atomic mass is 32.1. The molecule has 9 nitrogen and oxygen atoms in total. The molecule has 0 spiro atoms. The Morgan fingerprint density at radius 1 is 1.14 bits per heavy atom. The van der Waals surface area contributed by atoms with Crippen LogP contribution < -0.4 is 9.80 Å². The molecule has 4 heterocycles. The molecular formula is C18H25N9S. The van der Waals surface area contributed by atoms with E-state index in [1.807, 2.05) is 29.6 Å². The van der Waals surface area contributed by atoms with Crippen LogP contribution in [0.15, 0.2) is 12.1 Å². The zero-order valence-electron chi connectivity index (χ0n) is 16.5. The average Bonchev–Trinajstić information content (AvgIpc) is 3.20. The summed E-state index contributed by atoms with van der Waals surface area (Å²) in [5, 5.41) is 14.4. The Morgan fingerprint density at radius 2 is 1.96 bits per heavy atom. The lowest BCUT2D eigenvalue weighted by atomic mass is 9.85. The molecule has 2 fully saturated rings. The number of fused-ring (bicyclic) bond motifs is 1. The van der Waals surface area contributed by atoms with Gasteiger partial charge in [-0.3, -0.25) is 4.90 Å². The summed E-state index contributed by atoms with van der Waals surface area (Å²) in [5.41, 5.74) is 0.839. The Kier molecular flexibility index (Phi) is 4.39. The molecule has 0 amide bonds. The Hall–Kier alpha value is -2.33. The quantitative estimate of drug-likeness (QED) is 0.619. The number of anilines is 2. The first-order valence-electron chi connectivity index (χ1n) is 9.76. The molecule has 1 saturated carbocycles. The summed E-state index contributed by atoms with van der Waals surface area (Å²) in [4.78, 5) is 11.2. The maximum Gasteiger partial charge on any atom is 0.204 e. The van der Waals surface area contributed by atoms with Crippen molar-refractivity contribution in [1.82, 2.24) is 34.1 Å². The van der Waals surface area contributed by atoms with Crippen molar-refractivity contribution >= 4 is 28.1 Å². The maximum absolute atomic E-state index is 4.83. The van der Waals surface area contributed by atoms with Crippen LogP contribution >= 0.6 is 11.5 Å². The molecule has 1 aliphatic carbocycles. The molecule has 1 saturated heterocycles. The molecule has 0 bridgehead atoms. The van der Waals surface area contributed by atoms with Gasteiger partial charge in [-0.2, -0.15) is 8.89 Å². The van der Waals surface area contributed by atoms with E-state index in [1.54, 1.807) is 0 Å². The molecular weight excluding hydrogens is 374 g/mol. The number of likely N-dealkylation sites (N-methyl/N-ethyl adjacent to an activating group) is 1. The Balaban J connectivity index is 1.23. The zero-order chi connectivity index (χ0) is 19.3. The molecule has 5 rings (SSSR count). The van der Waals surface area contributed by atoms with Gasteiger partial charge < -0.3 is 9.80 Å². The molecule has 0 unspecified atom stereocenters. The van der Waals surface area contributed by atoms with Gasteiger partial charge in [0, 0.05) is 50.7 Å². The van der Waals surface area contributed by atoms with E-state index in [-0.39, 0.29) is 0 Å². The van der Waals surface area contributed by atoms with Crippen LogP contribution in [0.5, 0.6) is 0 Å². The third-order valence-electron chi connectivity index (χ3n) is 5.78. The smallest absolute Gasteiger partial charge is 0.204 e.